The number of pyridine rings is 2. The molecular formula is C24H24N5O5S+. The smallest absolute Gasteiger partial charge is 0.256 e. The largest absolute Gasteiger partial charge is 0.496 e. The monoisotopic (exact) mass is 494 g/mol. The number of sulfone groups is 1. The van der Waals surface area contributed by atoms with Crippen LogP contribution in [0.25, 0.3) is 33.1 Å². The number of rotatable bonds is 5. The Morgan fingerprint density at radius 1 is 1.20 bits per heavy atom. The Morgan fingerprint density at radius 3 is 2.60 bits per heavy atom. The van der Waals surface area contributed by atoms with E-state index >= 15 is 0 Å². The highest BCUT2D eigenvalue weighted by molar-refractivity contribution is 7.90. The van der Waals surface area contributed by atoms with E-state index in [1.54, 1.807) is 43.0 Å². The van der Waals surface area contributed by atoms with E-state index in [9.17, 15) is 13.6 Å². The van der Waals surface area contributed by atoms with E-state index in [4.69, 9.17) is 9.26 Å². The molecule has 0 unspecified atom stereocenters. The summed E-state index contributed by atoms with van der Waals surface area (Å²) in [4.78, 5) is 8.99. The first-order chi connectivity index (χ1) is 16.6. The molecule has 0 fully saturated rings. The predicted octanol–water partition coefficient (Wildman–Crippen LogP) is 3.40. The van der Waals surface area contributed by atoms with Crippen molar-refractivity contribution in [3.63, 3.8) is 0 Å². The molecule has 1 aromatic carbocycles. The van der Waals surface area contributed by atoms with E-state index in [1.165, 1.54) is 6.20 Å². The molecule has 5 rings (SSSR count). The van der Waals surface area contributed by atoms with Gasteiger partial charge in [0.05, 0.1) is 35.6 Å². The maximum Gasteiger partial charge on any atom is 0.256 e. The fraction of sp³-hybridized carbons (Fsp3) is 0.250. The summed E-state index contributed by atoms with van der Waals surface area (Å²) in [7, 11) is -2.15. The van der Waals surface area contributed by atoms with Crippen molar-refractivity contribution in [2.24, 2.45) is 0 Å². The minimum absolute atomic E-state index is 0.119. The van der Waals surface area contributed by atoms with Gasteiger partial charge >= 0.3 is 0 Å². The van der Waals surface area contributed by atoms with Gasteiger partial charge < -0.3 is 13.8 Å². The molecule has 1 N–H and O–H groups in total. The van der Waals surface area contributed by atoms with Gasteiger partial charge in [0.15, 0.2) is 0 Å². The molecule has 4 heterocycles. The minimum atomic E-state index is -3.72. The summed E-state index contributed by atoms with van der Waals surface area (Å²) < 4.78 is 39.2. The molecule has 5 aromatic rings. The first-order valence-electron chi connectivity index (χ1n) is 10.8. The van der Waals surface area contributed by atoms with Crippen LogP contribution >= 0.6 is 0 Å². The average molecular weight is 495 g/mol. The zero-order valence-corrected chi connectivity index (χ0v) is 20.7. The van der Waals surface area contributed by atoms with E-state index < -0.39 is 15.9 Å². The third-order valence-corrected chi connectivity index (χ3v) is 7.08. The zero-order valence-electron chi connectivity index (χ0n) is 19.8. The van der Waals surface area contributed by atoms with Gasteiger partial charge in [-0.1, -0.05) is 5.16 Å². The van der Waals surface area contributed by atoms with Crippen molar-refractivity contribution in [3.8, 4) is 16.9 Å². The molecule has 1 atom stereocenters. The summed E-state index contributed by atoms with van der Waals surface area (Å²) in [6.45, 7) is 5.49. The number of hydrogen-bond acceptors (Lipinski definition) is 8. The van der Waals surface area contributed by atoms with Crippen molar-refractivity contribution in [1.82, 2.24) is 19.7 Å². The number of methoxy groups -OCH3 is 1. The average Bonchev–Trinajstić information content (AvgIpc) is 3.38. The first kappa shape index (κ1) is 22.8. The molecule has 0 saturated carbocycles. The second-order valence-corrected chi connectivity index (χ2v) is 10.4. The lowest BCUT2D eigenvalue weighted by molar-refractivity contribution is -0.910. The van der Waals surface area contributed by atoms with Crippen molar-refractivity contribution >= 4 is 31.8 Å². The summed E-state index contributed by atoms with van der Waals surface area (Å²) in [5.41, 5.74) is 4.38. The Morgan fingerprint density at radius 2 is 1.97 bits per heavy atom. The summed E-state index contributed by atoms with van der Waals surface area (Å²) >= 11 is 0. The van der Waals surface area contributed by atoms with E-state index in [0.29, 0.717) is 39.1 Å². The van der Waals surface area contributed by atoms with Gasteiger partial charge in [0, 0.05) is 34.1 Å². The standard InChI is InChI=1S/C24H24N5O5S/c1-13-22(15(3)34-27-13)17-10-18-16(11-21(17)33-4)23-19(12-25-18)26-24(35(5,31)32)29(23)14(2)20-8-6-7-9-28(20)30/h6-12,14,30H,1-5H3/q+1/t14-/m1/s1. The van der Waals surface area contributed by atoms with Crippen LogP contribution in [0.5, 0.6) is 5.75 Å². The number of aromatic nitrogens is 5. The maximum absolute atomic E-state index is 12.8. The number of benzene rings is 1. The molecule has 0 aliphatic carbocycles. The molecule has 0 spiro atoms. The molecule has 10 nitrogen and oxygen atoms in total. The van der Waals surface area contributed by atoms with E-state index in [-0.39, 0.29) is 5.16 Å². The van der Waals surface area contributed by atoms with Crippen LogP contribution in [-0.2, 0) is 9.84 Å². The summed E-state index contributed by atoms with van der Waals surface area (Å²) in [6, 6.07) is 8.30. The molecule has 0 saturated heterocycles. The van der Waals surface area contributed by atoms with Crippen LogP contribution in [0.2, 0.25) is 0 Å². The van der Waals surface area contributed by atoms with E-state index in [1.807, 2.05) is 26.0 Å². The maximum atomic E-state index is 12.8. The number of nitrogens with zero attached hydrogens (tertiary/aromatic N) is 5. The molecule has 0 aliphatic rings. The van der Waals surface area contributed by atoms with Crippen molar-refractivity contribution in [1.29, 1.82) is 0 Å². The van der Waals surface area contributed by atoms with Crippen molar-refractivity contribution in [3.05, 3.63) is 59.9 Å². The fourth-order valence-corrected chi connectivity index (χ4v) is 5.42. The number of hydrogen-bond donors (Lipinski definition) is 1. The van der Waals surface area contributed by atoms with Crippen molar-refractivity contribution in [2.75, 3.05) is 13.4 Å². The quantitative estimate of drug-likeness (QED) is 0.291. The Balaban J connectivity index is 1.89. The summed E-state index contributed by atoms with van der Waals surface area (Å²) in [5.74, 6) is 1.20. The minimum Gasteiger partial charge on any atom is -0.496 e. The van der Waals surface area contributed by atoms with Crippen LogP contribution < -0.4 is 9.47 Å². The second kappa shape index (κ2) is 8.05. The number of fused-ring (bicyclic) bond motifs is 3. The lowest BCUT2D eigenvalue weighted by Gasteiger charge is -2.16. The number of aryl methyl sites for hydroxylation is 2. The lowest BCUT2D eigenvalue weighted by Crippen LogP contribution is -2.37. The normalized spacial score (nSPS) is 12.9. The Bertz CT molecular complexity index is 1700. The van der Waals surface area contributed by atoms with Gasteiger partial charge in [-0.05, 0) is 39.0 Å². The van der Waals surface area contributed by atoms with E-state index in [0.717, 1.165) is 27.8 Å². The SMILES string of the molecule is COc1cc2c(cc1-c1c(C)noc1C)ncc1nc(S(C)(=O)=O)n([C@H](C)c3cccc[n+]3O)c12. The van der Waals surface area contributed by atoms with Crippen molar-refractivity contribution < 1.29 is 27.6 Å². The van der Waals surface area contributed by atoms with Gasteiger partial charge in [-0.15, -0.1) is 0 Å². The summed E-state index contributed by atoms with van der Waals surface area (Å²) in [6.07, 6.45) is 4.15. The zero-order chi connectivity index (χ0) is 25.1. The molecule has 180 valence electrons. The van der Waals surface area contributed by atoms with Crippen LogP contribution in [0.4, 0.5) is 0 Å². The van der Waals surface area contributed by atoms with Gasteiger partial charge in [-0.3, -0.25) is 10.2 Å². The first-order valence-corrected chi connectivity index (χ1v) is 12.7. The molecule has 11 heteroatoms. The Labute approximate surface area is 201 Å². The van der Waals surface area contributed by atoms with Crippen LogP contribution in [0.3, 0.4) is 0 Å². The van der Waals surface area contributed by atoms with Gasteiger partial charge in [0.1, 0.15) is 23.1 Å². The number of imidazole rings is 1. The van der Waals surface area contributed by atoms with Gasteiger partial charge in [0.25, 0.3) is 5.69 Å². The van der Waals surface area contributed by atoms with Crippen LogP contribution in [0.1, 0.15) is 30.1 Å². The van der Waals surface area contributed by atoms with E-state index in [2.05, 4.69) is 15.1 Å². The third-order valence-electron chi connectivity index (χ3n) is 6.12. The highest BCUT2D eigenvalue weighted by atomic mass is 32.2. The lowest BCUT2D eigenvalue weighted by atomic mass is 10.0. The fourth-order valence-electron chi connectivity index (χ4n) is 4.55. The van der Waals surface area contributed by atoms with Gasteiger partial charge in [0.2, 0.25) is 21.2 Å². The summed E-state index contributed by atoms with van der Waals surface area (Å²) in [5, 5.41) is 15.0. The highest BCUT2D eigenvalue weighted by Crippen LogP contribution is 2.40. The number of ether oxygens (including phenoxy) is 1. The van der Waals surface area contributed by atoms with Crippen molar-refractivity contribution in [2.45, 2.75) is 32.0 Å². The predicted molar refractivity (Wildman–Crippen MR) is 127 cm³/mol. The van der Waals surface area contributed by atoms with Crippen LogP contribution in [0.15, 0.2) is 52.4 Å². The van der Waals surface area contributed by atoms with Gasteiger partial charge in [-0.2, -0.15) is 0 Å². The topological polar surface area (TPSA) is 124 Å². The van der Waals surface area contributed by atoms with Crippen LogP contribution in [0, 0.1) is 13.8 Å². The second-order valence-electron chi connectivity index (χ2n) is 8.44. The molecule has 35 heavy (non-hydrogen) atoms. The Hall–Kier alpha value is -3.99. The molecule has 0 amide bonds. The molecule has 0 aliphatic heterocycles. The Kier molecular flexibility index (Phi) is 5.24. The molecule has 0 bridgehead atoms. The molecular weight excluding hydrogens is 470 g/mol. The van der Waals surface area contributed by atoms with Crippen LogP contribution in [-0.4, -0.2) is 46.7 Å². The highest BCUT2D eigenvalue weighted by Gasteiger charge is 2.30. The molecule has 0 radical (unpaired) electrons. The van der Waals surface area contributed by atoms with Gasteiger partial charge in [-0.25, -0.2) is 13.4 Å². The third kappa shape index (κ3) is 3.59. The molecule has 4 aromatic heterocycles.